The standard InChI is InChI=1S/C6H14.12C5H7N2.4Ce/c1-3-5-6-4-2;12*1-4-3-5(2)7-6-4;;;;/h3-6H2,1-2H3;12*3H,1-2H3;;;;/q;12*-1;4*+3. The van der Waals surface area contributed by atoms with Gasteiger partial charge in [0.15, 0.2) is 0 Å². The summed E-state index contributed by atoms with van der Waals surface area (Å²) in [5.74, 6) is 0. The van der Waals surface area contributed by atoms with Crippen LogP contribution in [0.15, 0.2) is 72.8 Å². The van der Waals surface area contributed by atoms with E-state index in [1.54, 1.807) is 0 Å². The van der Waals surface area contributed by atoms with Crippen LogP contribution in [-0.4, -0.2) is 61.2 Å². The molecular formula is C66H98Ce4N24. The van der Waals surface area contributed by atoms with Gasteiger partial charge in [0.1, 0.15) is 0 Å². The van der Waals surface area contributed by atoms with Gasteiger partial charge >= 0.3 is 167 Å². The molecule has 24 nitrogen and oxygen atoms in total. The van der Waals surface area contributed by atoms with E-state index in [1.165, 1.54) is 25.7 Å². The van der Waals surface area contributed by atoms with Gasteiger partial charge in [0.2, 0.25) is 0 Å². The zero-order valence-electron chi connectivity index (χ0n) is 60.5. The smallest absolute Gasteiger partial charge is 0.579 e. The van der Waals surface area contributed by atoms with Crippen LogP contribution >= 0.6 is 0 Å². The molecule has 0 fully saturated rings. The Morgan fingerprint density at radius 1 is 0.170 bits per heavy atom. The summed E-state index contributed by atoms with van der Waals surface area (Å²) in [5.41, 5.74) is 23.9. The minimum Gasteiger partial charge on any atom is -0.579 e. The van der Waals surface area contributed by atoms with Crippen molar-refractivity contribution in [2.45, 2.75) is 206 Å². The molecule has 0 spiro atoms. The number of unbranched alkanes of at least 4 members (excludes halogenated alkanes) is 3. The number of hydrogen-bond donors (Lipinski definition) is 0. The van der Waals surface area contributed by atoms with E-state index in [9.17, 15) is 0 Å². The SMILES string of the molecule is CCCCCC.Cc1cc(C)[n-]n1.Cc1cc(C)[n-]n1.Cc1cc(C)[n-]n1.Cc1cc(C)[n-]n1.Cc1cc(C)[n-]n1.Cc1cc(C)[n-]n1.Cc1cc(C)[n-]n1.Cc1cc(C)[n-]n1.Cc1cc(C)[n-]n1.Cc1cc(C)[n-]n1.Cc1cc(C)[n-]n1.Cc1cc(C)[n-]n1.[Ce+3].[Ce+3].[Ce+3].[Ce+3]. The second kappa shape index (κ2) is 59.1. The molecule has 12 aromatic rings. The molecule has 0 aromatic carbocycles. The van der Waals surface area contributed by atoms with Crippen LogP contribution in [0.4, 0.5) is 0 Å². The first-order valence-electron chi connectivity index (χ1n) is 29.6. The second-order valence-electron chi connectivity index (χ2n) is 21.2. The molecule has 12 aromatic heterocycles. The Morgan fingerprint density at radius 3 is 0.266 bits per heavy atom. The molecule has 0 N–H and O–H groups in total. The number of hydrogen-bond acceptors (Lipinski definition) is 12. The molecule has 12 heterocycles. The molecule has 28 heteroatoms. The number of rotatable bonds is 3. The van der Waals surface area contributed by atoms with Crippen molar-refractivity contribution in [3.8, 4) is 0 Å². The molecule has 0 unspecified atom stereocenters. The molecule has 4 radical (unpaired) electrons. The quantitative estimate of drug-likeness (QED) is 0.148. The Kier molecular flexibility index (Phi) is 62.1. The van der Waals surface area contributed by atoms with Crippen LogP contribution in [0.5, 0.6) is 0 Å². The van der Waals surface area contributed by atoms with E-state index in [1.807, 2.05) is 239 Å². The summed E-state index contributed by atoms with van der Waals surface area (Å²) in [4.78, 5) is 0. The number of aromatic nitrogens is 24. The van der Waals surface area contributed by atoms with Gasteiger partial charge in [-0.1, -0.05) is 195 Å². The second-order valence-corrected chi connectivity index (χ2v) is 21.2. The summed E-state index contributed by atoms with van der Waals surface area (Å²) in [6.45, 7) is 50.8. The summed E-state index contributed by atoms with van der Waals surface area (Å²) >= 11 is 0. The summed E-state index contributed by atoms with van der Waals surface area (Å²) in [6, 6.07) is 23.3. The van der Waals surface area contributed by atoms with E-state index in [0.717, 1.165) is 137 Å². The van der Waals surface area contributed by atoms with Crippen molar-refractivity contribution in [2.75, 3.05) is 0 Å². The average Bonchev–Trinajstić information content (AvgIpc) is 4.40. The molecule has 12 rings (SSSR count). The average molecular weight is 1790 g/mol. The molecule has 498 valence electrons. The first kappa shape index (κ1) is 98.7. The molecule has 0 aliphatic carbocycles. The zero-order chi connectivity index (χ0) is 68.1. The Bertz CT molecular complexity index is 2580. The van der Waals surface area contributed by atoms with Gasteiger partial charge in [-0.2, -0.15) is 0 Å². The van der Waals surface area contributed by atoms with Crippen LogP contribution in [0, 0.1) is 333 Å². The van der Waals surface area contributed by atoms with Gasteiger partial charge in [-0.25, -0.2) is 0 Å². The van der Waals surface area contributed by atoms with Crippen molar-refractivity contribution in [1.82, 2.24) is 122 Å². The van der Waals surface area contributed by atoms with Crippen LogP contribution in [0.1, 0.15) is 176 Å². The maximum absolute atomic E-state index is 3.77. The van der Waals surface area contributed by atoms with Crippen molar-refractivity contribution in [2.24, 2.45) is 0 Å². The third kappa shape index (κ3) is 58.2. The van der Waals surface area contributed by atoms with Crippen molar-refractivity contribution in [3.05, 3.63) is 209 Å². The van der Waals surface area contributed by atoms with Gasteiger partial charge in [0.05, 0.1) is 0 Å². The first-order valence-corrected chi connectivity index (χ1v) is 29.6. The van der Waals surface area contributed by atoms with Gasteiger partial charge in [-0.3, -0.25) is 0 Å². The zero-order valence-corrected chi connectivity index (χ0v) is 73.0. The summed E-state index contributed by atoms with van der Waals surface area (Å²) in [7, 11) is 0. The summed E-state index contributed by atoms with van der Waals surface area (Å²) in [5, 5.41) is 90.4. The number of aryl methyl sites for hydroxylation is 24. The fraction of sp³-hybridized carbons (Fsp3) is 0.455. The minimum absolute atomic E-state index is 0. The van der Waals surface area contributed by atoms with Crippen molar-refractivity contribution in [3.63, 3.8) is 0 Å². The summed E-state index contributed by atoms with van der Waals surface area (Å²) in [6.07, 6.45) is 5.54. The van der Waals surface area contributed by atoms with Crippen molar-refractivity contribution >= 4 is 0 Å². The maximum Gasteiger partial charge on any atom is 3.00 e. The van der Waals surface area contributed by atoms with Crippen molar-refractivity contribution in [1.29, 1.82) is 0 Å². The monoisotopic (exact) mass is 1790 g/mol. The van der Waals surface area contributed by atoms with E-state index in [0.29, 0.717) is 0 Å². The summed E-state index contributed by atoms with van der Waals surface area (Å²) < 4.78 is 0. The fourth-order valence-corrected chi connectivity index (χ4v) is 6.71. The van der Waals surface area contributed by atoms with Crippen LogP contribution in [0.25, 0.3) is 0 Å². The predicted octanol–water partition coefficient (Wildman–Crippen LogP) is 10.5. The largest absolute Gasteiger partial charge is 3.00 e. The molecule has 0 aliphatic rings. The van der Waals surface area contributed by atoms with E-state index < -0.39 is 0 Å². The molecule has 0 amide bonds. The Morgan fingerprint density at radius 2 is 0.245 bits per heavy atom. The molecule has 94 heavy (non-hydrogen) atoms. The van der Waals surface area contributed by atoms with Crippen LogP contribution < -0.4 is 61.2 Å². The minimum atomic E-state index is 0. The third-order valence-electron chi connectivity index (χ3n) is 10.4. The van der Waals surface area contributed by atoms with Crippen LogP contribution in [-0.2, 0) is 0 Å². The third-order valence-corrected chi connectivity index (χ3v) is 10.4. The maximum atomic E-state index is 3.77. The van der Waals surface area contributed by atoms with Gasteiger partial charge in [0, 0.05) is 68.3 Å². The molecule has 0 bridgehead atoms. The molecule has 0 saturated heterocycles. The van der Waals surface area contributed by atoms with Gasteiger partial charge < -0.3 is 122 Å². The Labute approximate surface area is 694 Å². The van der Waals surface area contributed by atoms with E-state index >= 15 is 0 Å². The number of nitrogens with zero attached hydrogens (tertiary/aromatic N) is 24. The van der Waals surface area contributed by atoms with E-state index in [-0.39, 0.29) is 167 Å². The van der Waals surface area contributed by atoms with Crippen LogP contribution in [0.2, 0.25) is 0 Å². The van der Waals surface area contributed by atoms with Gasteiger partial charge in [-0.15, -0.1) is 68.3 Å². The van der Waals surface area contributed by atoms with E-state index in [2.05, 4.69) is 136 Å². The van der Waals surface area contributed by atoms with Crippen molar-refractivity contribution < 1.29 is 167 Å². The van der Waals surface area contributed by atoms with Crippen LogP contribution in [0.3, 0.4) is 0 Å². The molecule has 0 aliphatic heterocycles. The normalized spacial score (nSPS) is 9.00. The van der Waals surface area contributed by atoms with Gasteiger partial charge in [0.25, 0.3) is 0 Å². The predicted molar refractivity (Wildman–Crippen MR) is 354 cm³/mol. The first-order chi connectivity index (χ1) is 42.4. The van der Waals surface area contributed by atoms with E-state index in [4.69, 9.17) is 0 Å². The molecule has 0 atom stereocenters. The topological polar surface area (TPSA) is 324 Å². The molecule has 0 saturated carbocycles. The Hall–Kier alpha value is -3.97. The molecular weight excluding hydrogens is 1690 g/mol. The van der Waals surface area contributed by atoms with Gasteiger partial charge in [-0.05, 0) is 83.1 Å². The Balaban J connectivity index is -0.000000303. The fourth-order valence-electron chi connectivity index (χ4n) is 6.71.